The van der Waals surface area contributed by atoms with Crippen LogP contribution in [0.25, 0.3) is 0 Å². The van der Waals surface area contributed by atoms with E-state index in [0.29, 0.717) is 5.56 Å². The van der Waals surface area contributed by atoms with E-state index >= 15 is 0 Å². The van der Waals surface area contributed by atoms with Crippen molar-refractivity contribution in [2.45, 2.75) is 25.7 Å². The Labute approximate surface area is 102 Å². The lowest BCUT2D eigenvalue weighted by molar-refractivity contribution is 0.0953. The largest absolute Gasteiger partial charge is 0.352 e. The molecule has 4 N–H and O–H groups in total. The molecule has 1 aromatic carbocycles. The third kappa shape index (κ3) is 3.75. The van der Waals surface area contributed by atoms with E-state index in [-0.39, 0.29) is 5.91 Å². The lowest BCUT2D eigenvalue weighted by Crippen LogP contribution is -2.24. The molecule has 1 aromatic rings. The first kappa shape index (κ1) is 11.9. The molecule has 4 nitrogen and oxygen atoms in total. The van der Waals surface area contributed by atoms with Crippen LogP contribution in [-0.2, 0) is 0 Å². The van der Waals surface area contributed by atoms with Crippen molar-refractivity contribution in [1.29, 1.82) is 0 Å². The predicted molar refractivity (Wildman–Crippen MR) is 68.5 cm³/mol. The van der Waals surface area contributed by atoms with Crippen LogP contribution >= 0.6 is 0 Å². The molecule has 2 rings (SSSR count). The van der Waals surface area contributed by atoms with Gasteiger partial charge in [0.15, 0.2) is 0 Å². The van der Waals surface area contributed by atoms with Gasteiger partial charge in [0.25, 0.3) is 5.91 Å². The van der Waals surface area contributed by atoms with Gasteiger partial charge in [-0.05, 0) is 43.0 Å². The summed E-state index contributed by atoms with van der Waals surface area (Å²) in [6.45, 7) is 0.770. The van der Waals surface area contributed by atoms with Crippen LogP contribution in [0.5, 0.6) is 0 Å². The average Bonchev–Trinajstić information content (AvgIpc) is 3.18. The van der Waals surface area contributed by atoms with E-state index in [1.54, 1.807) is 24.3 Å². The van der Waals surface area contributed by atoms with Gasteiger partial charge in [0.1, 0.15) is 0 Å². The molecule has 0 radical (unpaired) electrons. The lowest BCUT2D eigenvalue weighted by Gasteiger charge is -2.05. The summed E-state index contributed by atoms with van der Waals surface area (Å²) in [5.41, 5.74) is 4.01. The normalized spacial score (nSPS) is 14.4. The monoisotopic (exact) mass is 233 g/mol. The van der Waals surface area contributed by atoms with Gasteiger partial charge in [-0.3, -0.25) is 10.6 Å². The number of carbonyl (C=O) groups excluding carboxylic acids is 1. The van der Waals surface area contributed by atoms with Gasteiger partial charge in [0.05, 0.1) is 0 Å². The van der Waals surface area contributed by atoms with Crippen molar-refractivity contribution in [3.8, 4) is 0 Å². The van der Waals surface area contributed by atoms with Crippen molar-refractivity contribution in [2.24, 2.45) is 11.8 Å². The highest BCUT2D eigenvalue weighted by Gasteiger charge is 2.20. The summed E-state index contributed by atoms with van der Waals surface area (Å²) in [6, 6.07) is 7.12. The molecule has 0 atom stereocenters. The molecule has 1 fully saturated rings. The molecule has 17 heavy (non-hydrogen) atoms. The fourth-order valence-electron chi connectivity index (χ4n) is 1.82. The van der Waals surface area contributed by atoms with Crippen LogP contribution in [0.3, 0.4) is 0 Å². The minimum absolute atomic E-state index is 0.00984. The molecule has 0 spiro atoms. The summed E-state index contributed by atoms with van der Waals surface area (Å²) in [6.07, 6.45) is 5.08. The average molecular weight is 233 g/mol. The summed E-state index contributed by atoms with van der Waals surface area (Å²) in [5.74, 6) is 6.18. The van der Waals surface area contributed by atoms with Gasteiger partial charge in [0.2, 0.25) is 0 Å². The number of rotatable bonds is 6. The molecule has 1 amide bonds. The van der Waals surface area contributed by atoms with Crippen molar-refractivity contribution >= 4 is 11.6 Å². The summed E-state index contributed by atoms with van der Waals surface area (Å²) < 4.78 is 0. The zero-order valence-corrected chi connectivity index (χ0v) is 9.91. The van der Waals surface area contributed by atoms with Gasteiger partial charge in [0, 0.05) is 17.8 Å². The summed E-state index contributed by atoms with van der Waals surface area (Å²) in [4.78, 5) is 11.7. The molecule has 0 bridgehead atoms. The first-order valence-electron chi connectivity index (χ1n) is 6.14. The predicted octanol–water partition coefficient (Wildman–Crippen LogP) is 1.89. The van der Waals surface area contributed by atoms with E-state index in [1.165, 1.54) is 19.3 Å². The van der Waals surface area contributed by atoms with Gasteiger partial charge < -0.3 is 10.7 Å². The third-order valence-electron chi connectivity index (χ3n) is 3.09. The molecule has 0 aromatic heterocycles. The maximum absolute atomic E-state index is 11.7. The van der Waals surface area contributed by atoms with Crippen molar-refractivity contribution in [3.63, 3.8) is 0 Å². The van der Waals surface area contributed by atoms with Crippen molar-refractivity contribution in [2.75, 3.05) is 12.0 Å². The number of nitrogens with one attached hydrogen (secondary N) is 2. The second kappa shape index (κ2) is 5.68. The molecule has 1 aliphatic carbocycles. The Morgan fingerprint density at radius 2 is 2.00 bits per heavy atom. The topological polar surface area (TPSA) is 67.1 Å². The van der Waals surface area contributed by atoms with Gasteiger partial charge in [-0.1, -0.05) is 12.8 Å². The number of nitrogen functional groups attached to an aromatic ring is 1. The number of hydrogen-bond donors (Lipinski definition) is 3. The maximum Gasteiger partial charge on any atom is 0.251 e. The standard InChI is InChI=1S/C13H19N3O/c14-16-12-7-5-11(6-8-12)13(17)15-9-1-2-10-3-4-10/h5-8,10,16H,1-4,9,14H2,(H,15,17). The molecule has 0 unspecified atom stereocenters. The number of hydrogen-bond acceptors (Lipinski definition) is 3. The molecule has 1 aliphatic rings. The Balaban J connectivity index is 1.73. The molecule has 0 heterocycles. The fraction of sp³-hybridized carbons (Fsp3) is 0.462. The Morgan fingerprint density at radius 1 is 1.29 bits per heavy atom. The Hall–Kier alpha value is -1.55. The van der Waals surface area contributed by atoms with Crippen LogP contribution < -0.4 is 16.6 Å². The number of carbonyl (C=O) groups is 1. The van der Waals surface area contributed by atoms with Gasteiger partial charge in [-0.15, -0.1) is 0 Å². The molecule has 0 aliphatic heterocycles. The van der Waals surface area contributed by atoms with Gasteiger partial charge in [-0.2, -0.15) is 0 Å². The van der Waals surface area contributed by atoms with E-state index in [4.69, 9.17) is 5.84 Å². The van der Waals surface area contributed by atoms with Crippen molar-refractivity contribution in [3.05, 3.63) is 29.8 Å². The molecular formula is C13H19N3O. The molecule has 4 heteroatoms. The van der Waals surface area contributed by atoms with E-state index in [2.05, 4.69) is 10.7 Å². The highest BCUT2D eigenvalue weighted by molar-refractivity contribution is 5.94. The molecule has 0 saturated heterocycles. The SMILES string of the molecule is NNc1ccc(C(=O)NCCCC2CC2)cc1. The smallest absolute Gasteiger partial charge is 0.251 e. The summed E-state index contributed by atoms with van der Waals surface area (Å²) in [5, 5.41) is 2.93. The van der Waals surface area contributed by atoms with Crippen LogP contribution in [0.2, 0.25) is 0 Å². The highest BCUT2D eigenvalue weighted by Crippen LogP contribution is 2.33. The van der Waals surface area contributed by atoms with E-state index in [9.17, 15) is 4.79 Å². The Bertz CT molecular complexity index is 371. The zero-order valence-electron chi connectivity index (χ0n) is 9.91. The number of anilines is 1. The van der Waals surface area contributed by atoms with E-state index in [0.717, 1.165) is 24.6 Å². The minimum atomic E-state index is -0.00984. The van der Waals surface area contributed by atoms with Crippen LogP contribution in [-0.4, -0.2) is 12.5 Å². The minimum Gasteiger partial charge on any atom is -0.352 e. The molecule has 1 saturated carbocycles. The van der Waals surface area contributed by atoms with Crippen LogP contribution in [0.15, 0.2) is 24.3 Å². The molecular weight excluding hydrogens is 214 g/mol. The fourth-order valence-corrected chi connectivity index (χ4v) is 1.82. The van der Waals surface area contributed by atoms with Crippen molar-refractivity contribution in [1.82, 2.24) is 5.32 Å². The van der Waals surface area contributed by atoms with Crippen LogP contribution in [0, 0.1) is 5.92 Å². The number of hydrazine groups is 1. The summed E-state index contributed by atoms with van der Waals surface area (Å²) >= 11 is 0. The first-order valence-corrected chi connectivity index (χ1v) is 6.14. The Morgan fingerprint density at radius 3 is 2.59 bits per heavy atom. The Kier molecular flexibility index (Phi) is 3.98. The maximum atomic E-state index is 11.7. The lowest BCUT2D eigenvalue weighted by atomic mass is 10.2. The third-order valence-corrected chi connectivity index (χ3v) is 3.09. The number of benzene rings is 1. The van der Waals surface area contributed by atoms with Gasteiger partial charge in [-0.25, -0.2) is 0 Å². The highest BCUT2D eigenvalue weighted by atomic mass is 16.1. The first-order chi connectivity index (χ1) is 8.29. The zero-order chi connectivity index (χ0) is 12.1. The van der Waals surface area contributed by atoms with E-state index < -0.39 is 0 Å². The van der Waals surface area contributed by atoms with Crippen LogP contribution in [0.1, 0.15) is 36.0 Å². The van der Waals surface area contributed by atoms with E-state index in [1.807, 2.05) is 0 Å². The summed E-state index contributed by atoms with van der Waals surface area (Å²) in [7, 11) is 0. The molecule has 92 valence electrons. The number of nitrogens with two attached hydrogens (primary N) is 1. The van der Waals surface area contributed by atoms with Gasteiger partial charge >= 0.3 is 0 Å². The quantitative estimate of drug-likeness (QED) is 0.399. The number of amides is 1. The second-order valence-corrected chi connectivity index (χ2v) is 4.56. The van der Waals surface area contributed by atoms with Crippen LogP contribution in [0.4, 0.5) is 5.69 Å². The van der Waals surface area contributed by atoms with Crippen molar-refractivity contribution < 1.29 is 4.79 Å². The second-order valence-electron chi connectivity index (χ2n) is 4.56.